The van der Waals surface area contributed by atoms with E-state index in [1.807, 2.05) is 13.0 Å². The molecule has 62 valence electrons. The number of thiol groups is 1. The first-order valence-electron chi connectivity index (χ1n) is 3.43. The molecule has 1 rings (SSSR count). The van der Waals surface area contributed by atoms with Gasteiger partial charge in [-0.1, -0.05) is 0 Å². The first kappa shape index (κ1) is 9.10. The molecule has 1 aromatic heterocycles. The van der Waals surface area contributed by atoms with E-state index in [9.17, 15) is 5.11 Å². The second kappa shape index (κ2) is 2.81. The van der Waals surface area contributed by atoms with E-state index in [1.54, 1.807) is 13.8 Å². The lowest BCUT2D eigenvalue weighted by molar-refractivity contribution is 0.0819. The monoisotopic (exact) mass is 188 g/mol. The first-order valence-corrected chi connectivity index (χ1v) is 4.70. The third-order valence-electron chi connectivity index (χ3n) is 1.46. The van der Waals surface area contributed by atoms with Crippen molar-refractivity contribution in [3.63, 3.8) is 0 Å². The molecule has 0 aliphatic heterocycles. The van der Waals surface area contributed by atoms with Crippen molar-refractivity contribution in [2.24, 2.45) is 0 Å². The summed E-state index contributed by atoms with van der Waals surface area (Å²) in [6.45, 7) is 5.57. The second-order valence-corrected chi connectivity index (χ2v) is 4.99. The quantitative estimate of drug-likeness (QED) is 0.649. The summed E-state index contributed by atoms with van der Waals surface area (Å²) in [6.07, 6.45) is 0. The maximum atomic E-state index is 9.66. The van der Waals surface area contributed by atoms with E-state index in [4.69, 9.17) is 0 Å². The molecule has 0 radical (unpaired) electrons. The van der Waals surface area contributed by atoms with Crippen molar-refractivity contribution in [2.45, 2.75) is 30.6 Å². The highest BCUT2D eigenvalue weighted by atomic mass is 32.2. The molecule has 1 aromatic rings. The van der Waals surface area contributed by atoms with Gasteiger partial charge in [0.15, 0.2) is 0 Å². The van der Waals surface area contributed by atoms with Crippen molar-refractivity contribution in [1.29, 1.82) is 0 Å². The van der Waals surface area contributed by atoms with Gasteiger partial charge >= 0.3 is 0 Å². The second-order valence-electron chi connectivity index (χ2n) is 3.16. The zero-order valence-electron chi connectivity index (χ0n) is 6.88. The van der Waals surface area contributed by atoms with Crippen LogP contribution in [-0.4, -0.2) is 5.11 Å². The highest BCUT2D eigenvalue weighted by molar-refractivity contribution is 7.82. The Morgan fingerprint density at radius 2 is 2.09 bits per heavy atom. The van der Waals surface area contributed by atoms with E-state index in [0.29, 0.717) is 0 Å². The Morgan fingerprint density at radius 3 is 2.27 bits per heavy atom. The van der Waals surface area contributed by atoms with Crippen LogP contribution in [0.2, 0.25) is 0 Å². The summed E-state index contributed by atoms with van der Waals surface area (Å²) in [5, 5.41) is 9.66. The third kappa shape index (κ3) is 1.98. The van der Waals surface area contributed by atoms with Gasteiger partial charge in [-0.15, -0.1) is 24.0 Å². The van der Waals surface area contributed by atoms with Gasteiger partial charge in [0.1, 0.15) is 0 Å². The Morgan fingerprint density at radius 1 is 1.55 bits per heavy atom. The fourth-order valence-corrected chi connectivity index (χ4v) is 2.45. The minimum atomic E-state index is -0.726. The molecular formula is C8H12OS2. The third-order valence-corrected chi connectivity index (χ3v) is 3.22. The van der Waals surface area contributed by atoms with Gasteiger partial charge in [-0.05, 0) is 32.4 Å². The largest absolute Gasteiger partial charge is 0.385 e. The van der Waals surface area contributed by atoms with Gasteiger partial charge in [0.05, 0.1) is 9.81 Å². The van der Waals surface area contributed by atoms with Crippen LogP contribution in [0.1, 0.15) is 24.3 Å². The summed E-state index contributed by atoms with van der Waals surface area (Å²) < 4.78 is 0.958. The van der Waals surface area contributed by atoms with Gasteiger partial charge in [-0.3, -0.25) is 0 Å². The van der Waals surface area contributed by atoms with Crippen LogP contribution in [0.4, 0.5) is 0 Å². The van der Waals surface area contributed by atoms with E-state index in [-0.39, 0.29) is 0 Å². The Kier molecular flexibility index (Phi) is 2.32. The molecule has 0 bridgehead atoms. The van der Waals surface area contributed by atoms with Gasteiger partial charge in [-0.2, -0.15) is 0 Å². The summed E-state index contributed by atoms with van der Waals surface area (Å²) in [6, 6.07) is 1.97. The number of rotatable bonds is 1. The predicted octanol–water partition coefficient (Wildman–Crippen LogP) is 2.57. The van der Waals surface area contributed by atoms with Crippen LogP contribution in [0.25, 0.3) is 0 Å². The van der Waals surface area contributed by atoms with Crippen molar-refractivity contribution in [3.05, 3.63) is 16.5 Å². The maximum Gasteiger partial charge on any atom is 0.0935 e. The van der Waals surface area contributed by atoms with Crippen LogP contribution in [0, 0.1) is 6.92 Å². The minimum absolute atomic E-state index is 0.726. The van der Waals surface area contributed by atoms with Gasteiger partial charge in [-0.25, -0.2) is 0 Å². The standard InChI is InChI=1S/C8H12OS2/c1-5-4-6(10)11-7(5)8(2,3)9/h4,9-10H,1-3H3. The molecule has 0 aromatic carbocycles. The zero-order chi connectivity index (χ0) is 8.65. The number of thiophene rings is 1. The summed E-state index contributed by atoms with van der Waals surface area (Å²) in [7, 11) is 0. The Hall–Kier alpha value is 0.01000. The number of hydrogen-bond acceptors (Lipinski definition) is 3. The van der Waals surface area contributed by atoms with E-state index in [2.05, 4.69) is 12.6 Å². The van der Waals surface area contributed by atoms with Crippen molar-refractivity contribution in [2.75, 3.05) is 0 Å². The summed E-state index contributed by atoms with van der Waals surface area (Å²) >= 11 is 5.75. The van der Waals surface area contributed by atoms with Crippen LogP contribution in [0.15, 0.2) is 10.3 Å². The summed E-state index contributed by atoms with van der Waals surface area (Å²) in [4.78, 5) is 1.00. The number of aliphatic hydroxyl groups is 1. The normalized spacial score (nSPS) is 12.1. The molecule has 0 saturated heterocycles. The lowest BCUT2D eigenvalue weighted by atomic mass is 10.1. The molecule has 0 atom stereocenters. The topological polar surface area (TPSA) is 20.2 Å². The molecular weight excluding hydrogens is 176 g/mol. The van der Waals surface area contributed by atoms with Gasteiger partial charge in [0.25, 0.3) is 0 Å². The van der Waals surface area contributed by atoms with Crippen LogP contribution in [0.5, 0.6) is 0 Å². The summed E-state index contributed by atoms with van der Waals surface area (Å²) in [5.74, 6) is 0. The molecule has 1 heterocycles. The Labute approximate surface area is 76.5 Å². The zero-order valence-corrected chi connectivity index (χ0v) is 8.59. The van der Waals surface area contributed by atoms with Gasteiger partial charge in [0.2, 0.25) is 0 Å². The highest BCUT2D eigenvalue weighted by Crippen LogP contribution is 2.33. The molecule has 0 aliphatic rings. The van der Waals surface area contributed by atoms with Crippen LogP contribution < -0.4 is 0 Å². The van der Waals surface area contributed by atoms with E-state index in [1.165, 1.54) is 11.3 Å². The lowest BCUT2D eigenvalue weighted by Gasteiger charge is -2.15. The fraction of sp³-hybridized carbons (Fsp3) is 0.500. The van der Waals surface area contributed by atoms with Crippen molar-refractivity contribution >= 4 is 24.0 Å². The molecule has 3 heteroatoms. The average Bonchev–Trinajstić information content (AvgIpc) is 2.08. The predicted molar refractivity (Wildman–Crippen MR) is 51.6 cm³/mol. The van der Waals surface area contributed by atoms with Crippen molar-refractivity contribution < 1.29 is 5.11 Å². The van der Waals surface area contributed by atoms with E-state index < -0.39 is 5.60 Å². The van der Waals surface area contributed by atoms with E-state index in [0.717, 1.165) is 14.6 Å². The molecule has 0 saturated carbocycles. The molecule has 0 fully saturated rings. The minimum Gasteiger partial charge on any atom is -0.385 e. The molecule has 0 spiro atoms. The number of hydrogen-bond donors (Lipinski definition) is 2. The fourth-order valence-electron chi connectivity index (χ4n) is 1.07. The molecule has 0 unspecified atom stereocenters. The van der Waals surface area contributed by atoms with Gasteiger partial charge < -0.3 is 5.11 Å². The van der Waals surface area contributed by atoms with Crippen LogP contribution in [0.3, 0.4) is 0 Å². The number of aryl methyl sites for hydroxylation is 1. The van der Waals surface area contributed by atoms with E-state index >= 15 is 0 Å². The molecule has 11 heavy (non-hydrogen) atoms. The Balaban J connectivity index is 3.13. The smallest absolute Gasteiger partial charge is 0.0935 e. The highest BCUT2D eigenvalue weighted by Gasteiger charge is 2.20. The molecule has 1 N–H and O–H groups in total. The van der Waals surface area contributed by atoms with Gasteiger partial charge in [0, 0.05) is 4.88 Å². The average molecular weight is 188 g/mol. The first-order chi connectivity index (χ1) is 4.91. The molecule has 0 aliphatic carbocycles. The molecule has 0 amide bonds. The SMILES string of the molecule is Cc1cc(S)sc1C(C)(C)O. The Bertz CT molecular complexity index is 258. The van der Waals surface area contributed by atoms with Crippen LogP contribution in [-0.2, 0) is 5.60 Å². The lowest BCUT2D eigenvalue weighted by Crippen LogP contribution is -2.14. The van der Waals surface area contributed by atoms with Crippen LogP contribution >= 0.6 is 24.0 Å². The maximum absolute atomic E-state index is 9.66. The molecule has 1 nitrogen and oxygen atoms in total. The van der Waals surface area contributed by atoms with Crippen molar-refractivity contribution in [3.8, 4) is 0 Å². The van der Waals surface area contributed by atoms with Crippen molar-refractivity contribution in [1.82, 2.24) is 0 Å². The summed E-state index contributed by atoms with van der Waals surface area (Å²) in [5.41, 5.74) is 0.392.